The minimum absolute atomic E-state index is 0.240. The van der Waals surface area contributed by atoms with Crippen molar-refractivity contribution in [2.75, 3.05) is 5.32 Å². The number of para-hydroxylation sites is 1. The topological polar surface area (TPSA) is 34.0 Å². The van der Waals surface area contributed by atoms with E-state index in [2.05, 4.69) is 5.32 Å². The van der Waals surface area contributed by atoms with Gasteiger partial charge in [-0.25, -0.2) is 0 Å². The summed E-state index contributed by atoms with van der Waals surface area (Å²) < 4.78 is 40.7. The molecular formula is C17H12ClF3N2O. The van der Waals surface area contributed by atoms with Gasteiger partial charge in [0.15, 0.2) is 0 Å². The maximum atomic E-state index is 13.0. The summed E-state index contributed by atoms with van der Waals surface area (Å²) in [4.78, 5) is 12.4. The Morgan fingerprint density at radius 1 is 1.12 bits per heavy atom. The number of hydrogen-bond acceptors (Lipinski definition) is 1. The molecule has 124 valence electrons. The van der Waals surface area contributed by atoms with Gasteiger partial charge in [-0.15, -0.1) is 0 Å². The highest BCUT2D eigenvalue weighted by molar-refractivity contribution is 6.31. The van der Waals surface area contributed by atoms with E-state index in [1.165, 1.54) is 18.2 Å². The lowest BCUT2D eigenvalue weighted by atomic mass is 10.1. The third-order valence-electron chi connectivity index (χ3n) is 3.72. The molecule has 3 rings (SSSR count). The van der Waals surface area contributed by atoms with E-state index in [9.17, 15) is 18.0 Å². The van der Waals surface area contributed by atoms with E-state index in [1.807, 2.05) is 0 Å². The number of nitrogens with one attached hydrogen (secondary N) is 1. The lowest BCUT2D eigenvalue weighted by Crippen LogP contribution is -2.18. The highest BCUT2D eigenvalue weighted by atomic mass is 35.5. The Bertz CT molecular complexity index is 931. The van der Waals surface area contributed by atoms with Crippen LogP contribution >= 0.6 is 11.6 Å². The monoisotopic (exact) mass is 352 g/mol. The minimum atomic E-state index is -4.55. The number of alkyl halides is 3. The van der Waals surface area contributed by atoms with Crippen LogP contribution in [0.5, 0.6) is 0 Å². The summed E-state index contributed by atoms with van der Waals surface area (Å²) in [5.41, 5.74) is -0.209. The second-order valence-electron chi connectivity index (χ2n) is 5.29. The largest absolute Gasteiger partial charge is 0.418 e. The van der Waals surface area contributed by atoms with E-state index >= 15 is 0 Å². The first-order valence-corrected chi connectivity index (χ1v) is 7.38. The van der Waals surface area contributed by atoms with Crippen molar-refractivity contribution < 1.29 is 18.0 Å². The molecule has 0 aliphatic carbocycles. The van der Waals surface area contributed by atoms with Crippen LogP contribution in [0.2, 0.25) is 5.02 Å². The molecule has 1 heterocycles. The minimum Gasteiger partial charge on any atom is -0.340 e. The molecule has 3 aromatic rings. The molecule has 0 radical (unpaired) electrons. The summed E-state index contributed by atoms with van der Waals surface area (Å²) in [6, 6.07) is 11.6. The van der Waals surface area contributed by atoms with E-state index in [-0.39, 0.29) is 11.4 Å². The van der Waals surface area contributed by atoms with Crippen molar-refractivity contribution in [1.82, 2.24) is 4.57 Å². The molecule has 1 N–H and O–H groups in total. The highest BCUT2D eigenvalue weighted by Crippen LogP contribution is 2.35. The zero-order valence-corrected chi connectivity index (χ0v) is 13.2. The number of fused-ring (bicyclic) bond motifs is 1. The van der Waals surface area contributed by atoms with Gasteiger partial charge < -0.3 is 9.88 Å². The molecular weight excluding hydrogens is 341 g/mol. The van der Waals surface area contributed by atoms with Gasteiger partial charge in [0.2, 0.25) is 0 Å². The number of aromatic nitrogens is 1. The van der Waals surface area contributed by atoms with Gasteiger partial charge in [0.1, 0.15) is 5.69 Å². The lowest BCUT2D eigenvalue weighted by molar-refractivity contribution is -0.136. The molecule has 0 fully saturated rings. The van der Waals surface area contributed by atoms with Gasteiger partial charge in [0.25, 0.3) is 5.91 Å². The zero-order chi connectivity index (χ0) is 17.5. The Hall–Kier alpha value is -2.47. The molecule has 0 spiro atoms. The van der Waals surface area contributed by atoms with Crippen LogP contribution in [0.3, 0.4) is 0 Å². The van der Waals surface area contributed by atoms with Crippen LogP contribution in [0.15, 0.2) is 48.5 Å². The van der Waals surface area contributed by atoms with Crippen LogP contribution < -0.4 is 5.32 Å². The van der Waals surface area contributed by atoms with Crippen LogP contribution in [0.25, 0.3) is 10.9 Å². The average molecular weight is 353 g/mol. The smallest absolute Gasteiger partial charge is 0.340 e. The molecule has 0 aliphatic rings. The van der Waals surface area contributed by atoms with Crippen LogP contribution in [0, 0.1) is 0 Å². The van der Waals surface area contributed by atoms with Crippen molar-refractivity contribution in [1.29, 1.82) is 0 Å². The first kappa shape index (κ1) is 16.4. The number of hydrogen-bond donors (Lipinski definition) is 1. The SMILES string of the molecule is Cn1c(C(=O)Nc2ccccc2C(F)(F)F)cc2ccc(Cl)cc21. The number of amides is 1. The van der Waals surface area contributed by atoms with Gasteiger partial charge in [-0.3, -0.25) is 4.79 Å². The number of aryl methyl sites for hydroxylation is 1. The van der Waals surface area contributed by atoms with Crippen LogP contribution in [0.4, 0.5) is 18.9 Å². The lowest BCUT2D eigenvalue weighted by Gasteiger charge is -2.13. The predicted octanol–water partition coefficient (Wildman–Crippen LogP) is 5.10. The molecule has 24 heavy (non-hydrogen) atoms. The van der Waals surface area contributed by atoms with Crippen molar-refractivity contribution in [3.8, 4) is 0 Å². The summed E-state index contributed by atoms with van der Waals surface area (Å²) in [7, 11) is 1.66. The van der Waals surface area contributed by atoms with Crippen molar-refractivity contribution in [3.63, 3.8) is 0 Å². The molecule has 0 atom stereocenters. The second-order valence-corrected chi connectivity index (χ2v) is 5.73. The maximum absolute atomic E-state index is 13.0. The van der Waals surface area contributed by atoms with Crippen molar-refractivity contribution in [2.24, 2.45) is 7.05 Å². The van der Waals surface area contributed by atoms with Gasteiger partial charge in [-0.1, -0.05) is 29.8 Å². The number of carbonyl (C=O) groups excluding carboxylic acids is 1. The number of anilines is 1. The number of carbonyl (C=O) groups is 1. The molecule has 0 saturated heterocycles. The third kappa shape index (κ3) is 2.97. The quantitative estimate of drug-likeness (QED) is 0.683. The van der Waals surface area contributed by atoms with Gasteiger partial charge in [-0.05, 0) is 30.3 Å². The molecule has 1 aromatic heterocycles. The maximum Gasteiger partial charge on any atom is 0.418 e. The van der Waals surface area contributed by atoms with E-state index in [0.717, 1.165) is 17.0 Å². The second kappa shape index (κ2) is 5.87. The Labute approximate surface area is 140 Å². The van der Waals surface area contributed by atoms with Crippen molar-refractivity contribution >= 4 is 34.1 Å². The van der Waals surface area contributed by atoms with Gasteiger partial charge in [0, 0.05) is 23.0 Å². The van der Waals surface area contributed by atoms with E-state index in [4.69, 9.17) is 11.6 Å². The molecule has 2 aromatic carbocycles. The standard InChI is InChI=1S/C17H12ClF3N2O/c1-23-14-9-11(18)7-6-10(14)8-15(23)16(24)22-13-5-3-2-4-12(13)17(19,20)21/h2-9H,1H3,(H,22,24). The molecule has 0 bridgehead atoms. The average Bonchev–Trinajstić information content (AvgIpc) is 2.84. The zero-order valence-electron chi connectivity index (χ0n) is 12.5. The fourth-order valence-electron chi connectivity index (χ4n) is 2.55. The molecule has 7 heteroatoms. The molecule has 1 amide bonds. The number of rotatable bonds is 2. The first-order valence-electron chi connectivity index (χ1n) is 7.00. The Morgan fingerprint density at radius 3 is 2.54 bits per heavy atom. The van der Waals surface area contributed by atoms with Gasteiger partial charge in [0.05, 0.1) is 11.3 Å². The van der Waals surface area contributed by atoms with E-state index in [0.29, 0.717) is 5.02 Å². The van der Waals surface area contributed by atoms with Gasteiger partial charge in [-0.2, -0.15) is 13.2 Å². The van der Waals surface area contributed by atoms with Crippen LogP contribution in [0.1, 0.15) is 16.1 Å². The fraction of sp³-hybridized carbons (Fsp3) is 0.118. The Balaban J connectivity index is 1.99. The fourth-order valence-corrected chi connectivity index (χ4v) is 2.71. The number of benzene rings is 2. The van der Waals surface area contributed by atoms with Gasteiger partial charge >= 0.3 is 6.18 Å². The molecule has 0 saturated carbocycles. The van der Waals surface area contributed by atoms with Crippen molar-refractivity contribution in [3.05, 3.63) is 64.8 Å². The van der Waals surface area contributed by atoms with E-state index < -0.39 is 17.6 Å². The van der Waals surface area contributed by atoms with Crippen molar-refractivity contribution in [2.45, 2.75) is 6.18 Å². The number of halogens is 4. The van der Waals surface area contributed by atoms with Crippen LogP contribution in [-0.4, -0.2) is 10.5 Å². The third-order valence-corrected chi connectivity index (χ3v) is 3.96. The number of nitrogens with zero attached hydrogens (tertiary/aromatic N) is 1. The summed E-state index contributed by atoms with van der Waals surface area (Å²) >= 11 is 5.94. The Kier molecular flexibility index (Phi) is 4.01. The summed E-state index contributed by atoms with van der Waals surface area (Å²) in [6.07, 6.45) is -4.55. The molecule has 0 unspecified atom stereocenters. The Morgan fingerprint density at radius 2 is 1.83 bits per heavy atom. The molecule has 3 nitrogen and oxygen atoms in total. The first-order chi connectivity index (χ1) is 11.3. The highest BCUT2D eigenvalue weighted by Gasteiger charge is 2.33. The normalized spacial score (nSPS) is 11.7. The van der Waals surface area contributed by atoms with Crippen LogP contribution in [-0.2, 0) is 13.2 Å². The summed E-state index contributed by atoms with van der Waals surface area (Å²) in [5.74, 6) is -0.624. The predicted molar refractivity (Wildman–Crippen MR) is 87.3 cm³/mol. The summed E-state index contributed by atoms with van der Waals surface area (Å²) in [5, 5.41) is 3.62. The van der Waals surface area contributed by atoms with E-state index in [1.54, 1.807) is 35.9 Å². The summed E-state index contributed by atoms with van der Waals surface area (Å²) in [6.45, 7) is 0. The molecule has 0 aliphatic heterocycles.